The molecule has 1 aliphatic rings. The van der Waals surface area contributed by atoms with Gasteiger partial charge in [-0.25, -0.2) is 4.98 Å². The number of benzene rings is 1. The van der Waals surface area contributed by atoms with Crippen molar-refractivity contribution in [3.8, 4) is 0 Å². The molecule has 5 heteroatoms. The van der Waals surface area contributed by atoms with E-state index in [-0.39, 0.29) is 18.0 Å². The number of carbonyl (C=O) groups is 1. The number of nitrogens with zero attached hydrogens (tertiary/aromatic N) is 3. The molecule has 1 fully saturated rings. The fourth-order valence-electron chi connectivity index (χ4n) is 3.72. The molecular formula is C19H25N3O2. The monoisotopic (exact) mass is 327 g/mol. The lowest BCUT2D eigenvalue weighted by Gasteiger charge is -2.33. The summed E-state index contributed by atoms with van der Waals surface area (Å²) in [7, 11) is 0. The average Bonchev–Trinajstić information content (AvgIpc) is 2.59. The lowest BCUT2D eigenvalue weighted by atomic mass is 9.94. The van der Waals surface area contributed by atoms with Crippen molar-refractivity contribution in [3.63, 3.8) is 0 Å². The molecule has 1 aliphatic carbocycles. The second kappa shape index (κ2) is 7.16. The molecule has 1 amide bonds. The Bertz CT molecular complexity index is 791. The fourth-order valence-corrected chi connectivity index (χ4v) is 3.72. The number of aromatic nitrogens is 2. The van der Waals surface area contributed by atoms with E-state index in [2.05, 4.69) is 4.98 Å². The summed E-state index contributed by atoms with van der Waals surface area (Å²) in [6, 6.07) is 5.89. The molecule has 0 N–H and O–H groups in total. The minimum absolute atomic E-state index is 0.0142. The van der Waals surface area contributed by atoms with Crippen molar-refractivity contribution in [1.29, 1.82) is 0 Å². The maximum absolute atomic E-state index is 12.7. The zero-order valence-electron chi connectivity index (χ0n) is 14.5. The second-order valence-electron chi connectivity index (χ2n) is 6.62. The van der Waals surface area contributed by atoms with Crippen LogP contribution >= 0.6 is 0 Å². The average molecular weight is 327 g/mol. The molecule has 0 aliphatic heterocycles. The molecule has 0 radical (unpaired) electrons. The molecule has 1 saturated carbocycles. The van der Waals surface area contributed by atoms with Crippen molar-refractivity contribution in [3.05, 3.63) is 40.4 Å². The Morgan fingerprint density at radius 2 is 2.04 bits per heavy atom. The fraction of sp³-hybridized carbons (Fsp3) is 0.526. The van der Waals surface area contributed by atoms with E-state index in [1.54, 1.807) is 6.07 Å². The number of carbonyl (C=O) groups excluding carboxylic acids is 1. The quantitative estimate of drug-likeness (QED) is 0.867. The first-order valence-electron chi connectivity index (χ1n) is 8.86. The highest BCUT2D eigenvalue weighted by molar-refractivity contribution is 5.81. The van der Waals surface area contributed by atoms with Gasteiger partial charge in [0.05, 0.1) is 17.2 Å². The summed E-state index contributed by atoms with van der Waals surface area (Å²) in [5.74, 6) is 0.0142. The second-order valence-corrected chi connectivity index (χ2v) is 6.62. The van der Waals surface area contributed by atoms with Gasteiger partial charge in [0, 0.05) is 12.6 Å². The largest absolute Gasteiger partial charge is 0.338 e. The number of aryl methyl sites for hydroxylation is 1. The molecule has 1 heterocycles. The Morgan fingerprint density at radius 3 is 2.75 bits per heavy atom. The number of likely N-dealkylation sites (N-methyl/N-ethyl adjacent to an activating group) is 1. The third-order valence-corrected chi connectivity index (χ3v) is 5.04. The Kier molecular flexibility index (Phi) is 4.97. The molecule has 0 unspecified atom stereocenters. The van der Waals surface area contributed by atoms with Crippen molar-refractivity contribution in [1.82, 2.24) is 14.5 Å². The predicted molar refractivity (Wildman–Crippen MR) is 95.0 cm³/mol. The van der Waals surface area contributed by atoms with Crippen LogP contribution in [0.1, 0.15) is 44.6 Å². The zero-order chi connectivity index (χ0) is 17.1. The molecule has 1 aromatic heterocycles. The van der Waals surface area contributed by atoms with Gasteiger partial charge in [-0.1, -0.05) is 31.4 Å². The van der Waals surface area contributed by atoms with Gasteiger partial charge in [0.15, 0.2) is 0 Å². The summed E-state index contributed by atoms with van der Waals surface area (Å²) in [4.78, 5) is 31.7. The van der Waals surface area contributed by atoms with Crippen LogP contribution in [0.25, 0.3) is 10.9 Å². The van der Waals surface area contributed by atoms with Crippen LogP contribution in [0.5, 0.6) is 0 Å². The zero-order valence-corrected chi connectivity index (χ0v) is 14.5. The lowest BCUT2D eigenvalue weighted by molar-refractivity contribution is -0.134. The van der Waals surface area contributed by atoms with Crippen LogP contribution in [-0.4, -0.2) is 32.9 Å². The van der Waals surface area contributed by atoms with Crippen LogP contribution in [0.3, 0.4) is 0 Å². The van der Waals surface area contributed by atoms with Gasteiger partial charge in [-0.05, 0) is 38.3 Å². The third-order valence-electron chi connectivity index (χ3n) is 5.04. The van der Waals surface area contributed by atoms with E-state index >= 15 is 0 Å². The molecule has 128 valence electrons. The molecule has 5 nitrogen and oxygen atoms in total. The molecule has 3 rings (SSSR count). The minimum atomic E-state index is -0.142. The molecular weight excluding hydrogens is 302 g/mol. The van der Waals surface area contributed by atoms with Crippen LogP contribution in [0, 0.1) is 6.92 Å². The number of amides is 1. The summed E-state index contributed by atoms with van der Waals surface area (Å²) in [6.07, 6.45) is 7.28. The molecule has 0 atom stereocenters. The van der Waals surface area contributed by atoms with E-state index in [0.29, 0.717) is 23.5 Å². The van der Waals surface area contributed by atoms with Crippen molar-refractivity contribution < 1.29 is 4.79 Å². The third kappa shape index (κ3) is 3.21. The Balaban J connectivity index is 1.84. The standard InChI is InChI=1S/C19H25N3O2/c1-3-22(15-9-5-4-6-10-15)17(23)12-21-13-20-18-14(2)8-7-11-16(18)19(21)24/h7-8,11,13,15H,3-6,9-10,12H2,1-2H3. The van der Waals surface area contributed by atoms with Gasteiger partial charge in [0.25, 0.3) is 5.56 Å². The molecule has 0 saturated heterocycles. The molecule has 1 aromatic carbocycles. The minimum Gasteiger partial charge on any atom is -0.338 e. The number of hydrogen-bond donors (Lipinski definition) is 0. The first-order valence-corrected chi connectivity index (χ1v) is 8.86. The van der Waals surface area contributed by atoms with E-state index in [1.807, 2.05) is 30.9 Å². The Hall–Kier alpha value is -2.17. The first-order chi connectivity index (χ1) is 11.6. The highest BCUT2D eigenvalue weighted by Crippen LogP contribution is 2.22. The topological polar surface area (TPSA) is 55.2 Å². The summed E-state index contributed by atoms with van der Waals surface area (Å²) in [5.41, 5.74) is 1.54. The molecule has 24 heavy (non-hydrogen) atoms. The van der Waals surface area contributed by atoms with Crippen LogP contribution in [0.4, 0.5) is 0 Å². The molecule has 0 spiro atoms. The summed E-state index contributed by atoms with van der Waals surface area (Å²) in [5, 5.41) is 0.575. The van der Waals surface area contributed by atoms with Crippen LogP contribution in [0.15, 0.2) is 29.3 Å². The van der Waals surface area contributed by atoms with E-state index in [9.17, 15) is 9.59 Å². The smallest absolute Gasteiger partial charge is 0.261 e. The van der Waals surface area contributed by atoms with Gasteiger partial charge in [-0.2, -0.15) is 0 Å². The highest BCUT2D eigenvalue weighted by atomic mass is 16.2. The Labute approximate surface area is 142 Å². The van der Waals surface area contributed by atoms with E-state index < -0.39 is 0 Å². The normalized spacial score (nSPS) is 15.6. The summed E-state index contributed by atoms with van der Waals surface area (Å²) >= 11 is 0. The molecule has 2 aromatic rings. The van der Waals surface area contributed by atoms with Crippen LogP contribution in [-0.2, 0) is 11.3 Å². The van der Waals surface area contributed by atoms with Gasteiger partial charge >= 0.3 is 0 Å². The van der Waals surface area contributed by atoms with Crippen molar-refractivity contribution in [2.75, 3.05) is 6.54 Å². The highest BCUT2D eigenvalue weighted by Gasteiger charge is 2.24. The first kappa shape index (κ1) is 16.7. The number of hydrogen-bond acceptors (Lipinski definition) is 3. The van der Waals surface area contributed by atoms with Crippen LogP contribution in [0.2, 0.25) is 0 Å². The number of fused-ring (bicyclic) bond motifs is 1. The van der Waals surface area contributed by atoms with Crippen LogP contribution < -0.4 is 5.56 Å². The number of para-hydroxylation sites is 1. The van der Waals surface area contributed by atoms with E-state index in [0.717, 1.165) is 18.4 Å². The van der Waals surface area contributed by atoms with Gasteiger partial charge in [0.2, 0.25) is 5.91 Å². The van der Waals surface area contributed by atoms with Gasteiger partial charge in [-0.3, -0.25) is 14.2 Å². The van der Waals surface area contributed by atoms with Gasteiger partial charge < -0.3 is 4.90 Å². The number of rotatable bonds is 4. The van der Waals surface area contributed by atoms with Gasteiger partial charge in [-0.15, -0.1) is 0 Å². The Morgan fingerprint density at radius 1 is 1.29 bits per heavy atom. The summed E-state index contributed by atoms with van der Waals surface area (Å²) < 4.78 is 1.44. The lowest BCUT2D eigenvalue weighted by Crippen LogP contribution is -2.44. The summed E-state index contributed by atoms with van der Waals surface area (Å²) in [6.45, 7) is 4.71. The molecule has 0 bridgehead atoms. The predicted octanol–water partition coefficient (Wildman–Crippen LogP) is 2.89. The van der Waals surface area contributed by atoms with Crippen molar-refractivity contribution in [2.24, 2.45) is 0 Å². The van der Waals surface area contributed by atoms with E-state index in [4.69, 9.17) is 0 Å². The maximum atomic E-state index is 12.7. The van der Waals surface area contributed by atoms with E-state index in [1.165, 1.54) is 30.2 Å². The van der Waals surface area contributed by atoms with Crippen molar-refractivity contribution >= 4 is 16.8 Å². The van der Waals surface area contributed by atoms with Gasteiger partial charge in [0.1, 0.15) is 6.54 Å². The maximum Gasteiger partial charge on any atom is 0.261 e. The van der Waals surface area contributed by atoms with Crippen molar-refractivity contribution in [2.45, 2.75) is 58.5 Å². The SMILES string of the molecule is CCN(C(=O)Cn1cnc2c(C)cccc2c1=O)C1CCCCC1.